The van der Waals surface area contributed by atoms with Crippen molar-refractivity contribution in [2.45, 2.75) is 25.4 Å². The fourth-order valence-electron chi connectivity index (χ4n) is 4.73. The second-order valence-corrected chi connectivity index (χ2v) is 7.90. The number of hydrogen-bond donors (Lipinski definition) is 0. The van der Waals surface area contributed by atoms with Crippen LogP contribution in [0.15, 0.2) is 24.3 Å². The Kier molecular flexibility index (Phi) is 4.70. The lowest BCUT2D eigenvalue weighted by Gasteiger charge is -2.19. The quantitative estimate of drug-likeness (QED) is 0.436. The maximum atomic E-state index is 12.8. The number of imide groups is 1. The smallest absolute Gasteiger partial charge is 0.338 e. The van der Waals surface area contributed by atoms with E-state index in [-0.39, 0.29) is 35.4 Å². The van der Waals surface area contributed by atoms with E-state index in [9.17, 15) is 14.4 Å². The van der Waals surface area contributed by atoms with E-state index in [4.69, 9.17) is 27.9 Å². The molecule has 3 fully saturated rings. The van der Waals surface area contributed by atoms with Crippen molar-refractivity contribution in [1.82, 2.24) is 0 Å². The first-order chi connectivity index (χ1) is 12.5. The lowest BCUT2D eigenvalue weighted by Crippen LogP contribution is -2.32. The molecule has 1 aromatic carbocycles. The van der Waals surface area contributed by atoms with Gasteiger partial charge in [0, 0.05) is 0 Å². The predicted octanol–water partition coefficient (Wildman–Crippen LogP) is 3.23. The molecular weight excluding hydrogens is 377 g/mol. The summed E-state index contributed by atoms with van der Waals surface area (Å²) < 4.78 is 5.19. The third-order valence-corrected chi connectivity index (χ3v) is 6.59. The normalized spacial score (nSPS) is 29.6. The number of rotatable bonds is 5. The summed E-state index contributed by atoms with van der Waals surface area (Å²) in [5, 5.41) is 0. The number of benzene rings is 1. The maximum absolute atomic E-state index is 12.8. The summed E-state index contributed by atoms with van der Waals surface area (Å²) in [7, 11) is 0. The average molecular weight is 396 g/mol. The molecule has 5 nitrogen and oxygen atoms in total. The topological polar surface area (TPSA) is 63.7 Å². The minimum absolute atomic E-state index is 0.0909. The first-order valence-corrected chi connectivity index (χ1v) is 9.92. The van der Waals surface area contributed by atoms with Gasteiger partial charge >= 0.3 is 5.97 Å². The molecule has 4 rings (SSSR count). The SMILES string of the molecule is O=C(OC(CCl)CCl)c1ccc(N2C(=O)[C@@H]3[C@@H]4CC[C@H](C4)[C@@H]3C2=O)cc1. The van der Waals surface area contributed by atoms with Gasteiger partial charge in [-0.25, -0.2) is 4.79 Å². The van der Waals surface area contributed by atoms with E-state index in [1.54, 1.807) is 24.3 Å². The monoisotopic (exact) mass is 395 g/mol. The Morgan fingerprint density at radius 3 is 2.08 bits per heavy atom. The zero-order valence-electron chi connectivity index (χ0n) is 14.1. The van der Waals surface area contributed by atoms with Crippen molar-refractivity contribution < 1.29 is 19.1 Å². The van der Waals surface area contributed by atoms with Gasteiger partial charge in [-0.1, -0.05) is 0 Å². The fraction of sp³-hybridized carbons (Fsp3) is 0.526. The second-order valence-electron chi connectivity index (χ2n) is 7.28. The summed E-state index contributed by atoms with van der Waals surface area (Å²) in [4.78, 5) is 39.0. The average Bonchev–Trinajstić information content (AvgIpc) is 3.33. The van der Waals surface area contributed by atoms with Crippen LogP contribution < -0.4 is 4.90 Å². The zero-order valence-corrected chi connectivity index (χ0v) is 15.6. The van der Waals surface area contributed by atoms with Crippen molar-refractivity contribution in [1.29, 1.82) is 0 Å². The molecule has 2 aliphatic carbocycles. The van der Waals surface area contributed by atoms with Crippen LogP contribution in [0.25, 0.3) is 0 Å². The van der Waals surface area contributed by atoms with E-state index in [0.717, 1.165) is 19.3 Å². The minimum Gasteiger partial charge on any atom is -0.456 e. The van der Waals surface area contributed by atoms with Crippen LogP contribution in [0.3, 0.4) is 0 Å². The molecule has 138 valence electrons. The molecule has 0 unspecified atom stereocenters. The van der Waals surface area contributed by atoms with E-state index in [2.05, 4.69) is 0 Å². The number of esters is 1. The third-order valence-electron chi connectivity index (χ3n) is 5.91. The fourth-order valence-corrected chi connectivity index (χ4v) is 5.19. The van der Waals surface area contributed by atoms with Gasteiger partial charge in [-0.05, 0) is 55.4 Å². The molecule has 0 spiro atoms. The molecule has 4 atom stereocenters. The van der Waals surface area contributed by atoms with Gasteiger partial charge in [-0.2, -0.15) is 0 Å². The van der Waals surface area contributed by atoms with Gasteiger partial charge < -0.3 is 4.74 Å². The number of alkyl halides is 2. The standard InChI is InChI=1S/C19H19Cl2NO4/c20-8-14(9-21)26-19(25)10-3-5-13(6-4-10)22-17(23)15-11-1-2-12(7-11)16(15)18(22)24/h3-6,11-12,14-16H,1-2,7-9H2/t11-,12-,15-,16+/m1/s1. The lowest BCUT2D eigenvalue weighted by molar-refractivity contribution is -0.123. The van der Waals surface area contributed by atoms with Gasteiger partial charge in [0.15, 0.2) is 0 Å². The number of ether oxygens (including phenoxy) is 1. The number of nitrogens with zero attached hydrogens (tertiary/aromatic N) is 1. The zero-order chi connectivity index (χ0) is 18.4. The number of anilines is 1. The molecule has 0 radical (unpaired) electrons. The number of halogens is 2. The number of carbonyl (C=O) groups is 3. The molecule has 2 amide bonds. The van der Waals surface area contributed by atoms with Crippen molar-refractivity contribution >= 4 is 46.7 Å². The van der Waals surface area contributed by atoms with Crippen molar-refractivity contribution in [3.8, 4) is 0 Å². The second kappa shape index (κ2) is 6.86. The minimum atomic E-state index is -0.554. The van der Waals surface area contributed by atoms with Crippen LogP contribution in [0, 0.1) is 23.7 Å². The summed E-state index contributed by atoms with van der Waals surface area (Å²) in [5.74, 6) is -0.0778. The Balaban J connectivity index is 1.52. The highest BCUT2D eigenvalue weighted by Gasteiger charge is 2.61. The first kappa shape index (κ1) is 17.8. The van der Waals surface area contributed by atoms with E-state index < -0.39 is 12.1 Å². The Hall–Kier alpha value is -1.59. The molecule has 26 heavy (non-hydrogen) atoms. The first-order valence-electron chi connectivity index (χ1n) is 8.86. The summed E-state index contributed by atoms with van der Waals surface area (Å²) in [5.41, 5.74) is 0.838. The van der Waals surface area contributed by atoms with Crippen molar-refractivity contribution in [3.05, 3.63) is 29.8 Å². The molecule has 0 N–H and O–H groups in total. The van der Waals surface area contributed by atoms with E-state index in [1.807, 2.05) is 0 Å². The van der Waals surface area contributed by atoms with Gasteiger partial charge in [0.05, 0.1) is 34.8 Å². The van der Waals surface area contributed by atoms with Crippen molar-refractivity contribution in [2.75, 3.05) is 16.7 Å². The van der Waals surface area contributed by atoms with Gasteiger partial charge in [0.25, 0.3) is 0 Å². The number of carbonyl (C=O) groups excluding carboxylic acids is 3. The van der Waals surface area contributed by atoms with Gasteiger partial charge in [-0.15, -0.1) is 23.2 Å². The molecule has 1 heterocycles. The van der Waals surface area contributed by atoms with E-state index in [1.165, 1.54) is 4.90 Å². The largest absolute Gasteiger partial charge is 0.456 e. The van der Waals surface area contributed by atoms with Crippen molar-refractivity contribution in [2.24, 2.45) is 23.7 Å². The highest BCUT2D eigenvalue weighted by atomic mass is 35.5. The summed E-state index contributed by atoms with van der Waals surface area (Å²) in [6.45, 7) is 0. The van der Waals surface area contributed by atoms with Gasteiger partial charge in [-0.3, -0.25) is 14.5 Å². The molecule has 1 aliphatic heterocycles. The Labute approximate surface area is 161 Å². The predicted molar refractivity (Wildman–Crippen MR) is 97.4 cm³/mol. The molecule has 2 bridgehead atoms. The lowest BCUT2D eigenvalue weighted by atomic mass is 9.81. The Morgan fingerprint density at radius 1 is 1.04 bits per heavy atom. The van der Waals surface area contributed by atoms with Crippen molar-refractivity contribution in [3.63, 3.8) is 0 Å². The molecule has 1 saturated heterocycles. The van der Waals surface area contributed by atoms with Gasteiger partial charge in [0.2, 0.25) is 11.8 Å². The highest BCUT2D eigenvalue weighted by molar-refractivity contribution is 6.23. The summed E-state index contributed by atoms with van der Waals surface area (Å²) >= 11 is 11.3. The van der Waals surface area contributed by atoms with Crippen LogP contribution in [-0.2, 0) is 14.3 Å². The van der Waals surface area contributed by atoms with Crippen LogP contribution in [0.5, 0.6) is 0 Å². The van der Waals surface area contributed by atoms with Crippen LogP contribution >= 0.6 is 23.2 Å². The highest BCUT2D eigenvalue weighted by Crippen LogP contribution is 2.56. The summed E-state index contributed by atoms with van der Waals surface area (Å²) in [6, 6.07) is 6.35. The van der Waals surface area contributed by atoms with Gasteiger partial charge in [0.1, 0.15) is 6.10 Å². The molecule has 3 aliphatic rings. The van der Waals surface area contributed by atoms with E-state index >= 15 is 0 Å². The third kappa shape index (κ3) is 2.72. The number of hydrogen-bond acceptors (Lipinski definition) is 4. The van der Waals surface area contributed by atoms with E-state index in [0.29, 0.717) is 23.1 Å². The van der Waals surface area contributed by atoms with Crippen LogP contribution in [-0.4, -0.2) is 35.6 Å². The Bertz CT molecular complexity index is 718. The van der Waals surface area contributed by atoms with Crippen LogP contribution in [0.4, 0.5) is 5.69 Å². The molecule has 1 aromatic rings. The molecule has 7 heteroatoms. The Morgan fingerprint density at radius 2 is 1.58 bits per heavy atom. The molecule has 2 saturated carbocycles. The number of fused-ring (bicyclic) bond motifs is 5. The maximum Gasteiger partial charge on any atom is 0.338 e. The van der Waals surface area contributed by atoms with Crippen LogP contribution in [0.2, 0.25) is 0 Å². The van der Waals surface area contributed by atoms with Crippen LogP contribution in [0.1, 0.15) is 29.6 Å². The molecule has 0 aromatic heterocycles. The number of amides is 2. The molecular formula is C19H19Cl2NO4. The summed E-state index contributed by atoms with van der Waals surface area (Å²) in [6.07, 6.45) is 2.55.